The van der Waals surface area contributed by atoms with Crippen molar-refractivity contribution in [2.45, 2.75) is 32.6 Å². The number of alkyl carbamates (subject to hydrolysis) is 1. The maximum Gasteiger partial charge on any atom is 0.407 e. The minimum Gasteiger partial charge on any atom is -0.450 e. The fourth-order valence-electron chi connectivity index (χ4n) is 3.62. The average Bonchev–Trinajstić information content (AvgIpc) is 3.32. The van der Waals surface area contributed by atoms with Crippen LogP contribution in [0, 0.1) is 17.2 Å². The number of ether oxygens (including phenoxy) is 1. The van der Waals surface area contributed by atoms with E-state index in [0.717, 1.165) is 31.6 Å². The van der Waals surface area contributed by atoms with Crippen LogP contribution >= 0.6 is 0 Å². The first kappa shape index (κ1) is 19.2. The molecule has 1 heterocycles. The summed E-state index contributed by atoms with van der Waals surface area (Å²) in [4.78, 5) is 17.2. The van der Waals surface area contributed by atoms with Crippen LogP contribution in [-0.4, -0.2) is 48.8 Å². The standard InChI is InChI=1S/C21H28N4O2/c1-3-9-27-21(26)23-7-8-25(4-2)14-16-11-17(16)19-13-24-20-6-5-15(12-22)10-18(19)20/h5-6,10,13,16-17,24H,3-4,7-9,11,14H2,1-2H3,(H,23,26). The normalized spacial score (nSPS) is 18.4. The summed E-state index contributed by atoms with van der Waals surface area (Å²) in [5, 5.41) is 13.1. The Bertz CT molecular complexity index is 823. The zero-order chi connectivity index (χ0) is 19.2. The highest BCUT2D eigenvalue weighted by Gasteiger charge is 2.40. The predicted octanol–water partition coefficient (Wildman–Crippen LogP) is 3.60. The summed E-state index contributed by atoms with van der Waals surface area (Å²) >= 11 is 0. The molecule has 1 aromatic carbocycles. The maximum atomic E-state index is 11.5. The van der Waals surface area contributed by atoms with E-state index in [-0.39, 0.29) is 6.09 Å². The molecule has 144 valence electrons. The molecular formula is C21H28N4O2. The molecule has 6 heteroatoms. The zero-order valence-electron chi connectivity index (χ0n) is 16.1. The molecule has 2 atom stereocenters. The van der Waals surface area contributed by atoms with Gasteiger partial charge < -0.3 is 19.9 Å². The van der Waals surface area contributed by atoms with Crippen LogP contribution in [0.2, 0.25) is 0 Å². The molecule has 1 fully saturated rings. The Hall–Kier alpha value is -2.52. The molecule has 2 unspecified atom stereocenters. The third-order valence-corrected chi connectivity index (χ3v) is 5.24. The first-order valence-electron chi connectivity index (χ1n) is 9.80. The number of hydrogen-bond acceptors (Lipinski definition) is 4. The van der Waals surface area contributed by atoms with Crippen molar-refractivity contribution in [2.75, 3.05) is 32.8 Å². The number of rotatable bonds is 9. The second-order valence-electron chi connectivity index (χ2n) is 7.17. The molecule has 1 aliphatic carbocycles. The van der Waals surface area contributed by atoms with Crippen LogP contribution < -0.4 is 5.32 Å². The van der Waals surface area contributed by atoms with E-state index in [1.807, 2.05) is 25.1 Å². The van der Waals surface area contributed by atoms with Crippen LogP contribution in [0.3, 0.4) is 0 Å². The number of nitrogens with one attached hydrogen (secondary N) is 2. The van der Waals surface area contributed by atoms with Crippen molar-refractivity contribution < 1.29 is 9.53 Å². The first-order valence-corrected chi connectivity index (χ1v) is 9.80. The number of H-pyrrole nitrogens is 1. The number of fused-ring (bicyclic) bond motifs is 1. The molecule has 1 saturated carbocycles. The predicted molar refractivity (Wildman–Crippen MR) is 106 cm³/mol. The SMILES string of the molecule is CCCOC(=O)NCCN(CC)CC1CC1c1c[nH]c2ccc(C#N)cc12. The lowest BCUT2D eigenvalue weighted by Crippen LogP contribution is -2.36. The summed E-state index contributed by atoms with van der Waals surface area (Å²) in [5.41, 5.74) is 3.12. The molecule has 2 N–H and O–H groups in total. The second kappa shape index (κ2) is 8.92. The van der Waals surface area contributed by atoms with Crippen molar-refractivity contribution >= 4 is 17.0 Å². The number of carbonyl (C=O) groups is 1. The Morgan fingerprint density at radius 2 is 2.30 bits per heavy atom. The van der Waals surface area contributed by atoms with Gasteiger partial charge >= 0.3 is 6.09 Å². The number of aromatic amines is 1. The second-order valence-corrected chi connectivity index (χ2v) is 7.17. The van der Waals surface area contributed by atoms with Crippen molar-refractivity contribution in [1.29, 1.82) is 5.26 Å². The topological polar surface area (TPSA) is 81.2 Å². The third kappa shape index (κ3) is 4.81. The molecule has 1 aromatic heterocycles. The fourth-order valence-corrected chi connectivity index (χ4v) is 3.62. The Balaban J connectivity index is 1.51. The largest absolute Gasteiger partial charge is 0.450 e. The van der Waals surface area contributed by atoms with Crippen molar-refractivity contribution in [2.24, 2.45) is 5.92 Å². The van der Waals surface area contributed by atoms with E-state index in [4.69, 9.17) is 10.00 Å². The quantitative estimate of drug-likeness (QED) is 0.708. The van der Waals surface area contributed by atoms with Crippen LogP contribution in [0.15, 0.2) is 24.4 Å². The molecule has 0 aliphatic heterocycles. The molecule has 2 aromatic rings. The van der Waals surface area contributed by atoms with E-state index in [2.05, 4.69) is 34.4 Å². The number of hydrogen-bond donors (Lipinski definition) is 2. The molecule has 0 spiro atoms. The number of benzene rings is 1. The van der Waals surface area contributed by atoms with E-state index in [1.54, 1.807) is 0 Å². The molecule has 0 bridgehead atoms. The van der Waals surface area contributed by atoms with Crippen molar-refractivity contribution in [3.63, 3.8) is 0 Å². The molecular weight excluding hydrogens is 340 g/mol. The van der Waals surface area contributed by atoms with Gasteiger partial charge in [0, 0.05) is 36.7 Å². The smallest absolute Gasteiger partial charge is 0.407 e. The van der Waals surface area contributed by atoms with E-state index in [0.29, 0.717) is 30.6 Å². The lowest BCUT2D eigenvalue weighted by atomic mass is 10.1. The minimum absolute atomic E-state index is 0.329. The van der Waals surface area contributed by atoms with Crippen molar-refractivity contribution in [3.8, 4) is 6.07 Å². The van der Waals surface area contributed by atoms with Gasteiger partial charge in [-0.1, -0.05) is 13.8 Å². The summed E-state index contributed by atoms with van der Waals surface area (Å²) in [6.07, 6.45) is 3.77. The van der Waals surface area contributed by atoms with E-state index in [9.17, 15) is 4.79 Å². The van der Waals surface area contributed by atoms with Gasteiger partial charge in [-0.3, -0.25) is 0 Å². The fraction of sp³-hybridized carbons (Fsp3) is 0.524. The highest BCUT2D eigenvalue weighted by atomic mass is 16.5. The van der Waals surface area contributed by atoms with Gasteiger partial charge in [-0.2, -0.15) is 5.26 Å². The minimum atomic E-state index is -0.329. The Morgan fingerprint density at radius 1 is 1.44 bits per heavy atom. The van der Waals surface area contributed by atoms with Crippen LogP contribution in [0.4, 0.5) is 4.79 Å². The molecule has 0 saturated heterocycles. The highest BCUT2D eigenvalue weighted by Crippen LogP contribution is 2.49. The molecule has 1 amide bonds. The van der Waals surface area contributed by atoms with Gasteiger partial charge in [-0.15, -0.1) is 0 Å². The zero-order valence-corrected chi connectivity index (χ0v) is 16.1. The van der Waals surface area contributed by atoms with Crippen LogP contribution in [0.1, 0.15) is 43.7 Å². The molecule has 6 nitrogen and oxygen atoms in total. The van der Waals surface area contributed by atoms with Gasteiger partial charge in [0.05, 0.1) is 18.2 Å². The summed E-state index contributed by atoms with van der Waals surface area (Å²) < 4.78 is 5.03. The Morgan fingerprint density at radius 3 is 3.04 bits per heavy atom. The molecule has 0 radical (unpaired) electrons. The van der Waals surface area contributed by atoms with Crippen molar-refractivity contribution in [1.82, 2.24) is 15.2 Å². The highest BCUT2D eigenvalue weighted by molar-refractivity contribution is 5.85. The van der Waals surface area contributed by atoms with Gasteiger partial charge in [-0.05, 0) is 55.0 Å². The van der Waals surface area contributed by atoms with Gasteiger partial charge in [-0.25, -0.2) is 4.79 Å². The summed E-state index contributed by atoms with van der Waals surface area (Å²) in [7, 11) is 0. The van der Waals surface area contributed by atoms with Gasteiger partial charge in [0.25, 0.3) is 0 Å². The van der Waals surface area contributed by atoms with Gasteiger partial charge in [0.15, 0.2) is 0 Å². The lowest BCUT2D eigenvalue weighted by Gasteiger charge is -2.20. The number of likely N-dealkylation sites (N-methyl/N-ethyl adjacent to an activating group) is 1. The summed E-state index contributed by atoms with van der Waals surface area (Å²) in [6.45, 7) is 8.01. The maximum absolute atomic E-state index is 11.5. The Labute approximate surface area is 160 Å². The van der Waals surface area contributed by atoms with Crippen LogP contribution in [0.25, 0.3) is 10.9 Å². The summed E-state index contributed by atoms with van der Waals surface area (Å²) in [6, 6.07) is 8.05. The average molecular weight is 368 g/mol. The van der Waals surface area contributed by atoms with Crippen LogP contribution in [-0.2, 0) is 4.74 Å². The number of nitriles is 1. The molecule has 1 aliphatic rings. The van der Waals surface area contributed by atoms with E-state index < -0.39 is 0 Å². The number of amides is 1. The Kier molecular flexibility index (Phi) is 6.36. The monoisotopic (exact) mass is 368 g/mol. The number of nitrogens with zero attached hydrogens (tertiary/aromatic N) is 2. The van der Waals surface area contributed by atoms with E-state index in [1.165, 1.54) is 17.4 Å². The number of carbonyl (C=O) groups excluding carboxylic acids is 1. The molecule has 27 heavy (non-hydrogen) atoms. The number of aromatic nitrogens is 1. The van der Waals surface area contributed by atoms with Gasteiger partial charge in [0.2, 0.25) is 0 Å². The van der Waals surface area contributed by atoms with Crippen molar-refractivity contribution in [3.05, 3.63) is 35.5 Å². The van der Waals surface area contributed by atoms with Gasteiger partial charge in [0.1, 0.15) is 0 Å². The summed E-state index contributed by atoms with van der Waals surface area (Å²) in [5.74, 6) is 1.17. The lowest BCUT2D eigenvalue weighted by molar-refractivity contribution is 0.144. The van der Waals surface area contributed by atoms with Crippen LogP contribution in [0.5, 0.6) is 0 Å². The third-order valence-electron chi connectivity index (χ3n) is 5.24. The molecule has 3 rings (SSSR count). The first-order chi connectivity index (χ1) is 13.2. The van der Waals surface area contributed by atoms with E-state index >= 15 is 0 Å².